The smallest absolute Gasteiger partial charge is 0.261 e. The highest BCUT2D eigenvalue weighted by Crippen LogP contribution is 2.28. The number of sulfonamides is 1. The molecule has 3 nitrogen and oxygen atoms in total. The van der Waals surface area contributed by atoms with Crippen LogP contribution in [0.4, 0.5) is 0 Å². The first-order chi connectivity index (χ1) is 10.4. The van der Waals surface area contributed by atoms with Gasteiger partial charge in [0.25, 0.3) is 10.0 Å². The molecule has 0 heterocycles. The van der Waals surface area contributed by atoms with E-state index in [9.17, 15) is 8.42 Å². The van der Waals surface area contributed by atoms with Crippen molar-refractivity contribution in [3.63, 3.8) is 0 Å². The van der Waals surface area contributed by atoms with Gasteiger partial charge in [0.1, 0.15) is 0 Å². The standard InChI is InChI=1S/C16H15Cl2NO2S/c1-2-12(15-9-8-13(17)10-16(15)18)11-19-22(20,21)14-6-4-3-5-7-14/h3-11,19H,2H2,1H3. The molecular weight excluding hydrogens is 341 g/mol. The van der Waals surface area contributed by atoms with Crippen LogP contribution in [0, 0.1) is 0 Å². The van der Waals surface area contributed by atoms with Gasteiger partial charge >= 0.3 is 0 Å². The minimum absolute atomic E-state index is 0.212. The lowest BCUT2D eigenvalue weighted by Crippen LogP contribution is -2.18. The molecule has 0 aliphatic carbocycles. The lowest BCUT2D eigenvalue weighted by molar-refractivity contribution is 0.590. The number of halogens is 2. The van der Waals surface area contributed by atoms with Crippen LogP contribution in [-0.4, -0.2) is 8.42 Å². The average molecular weight is 356 g/mol. The van der Waals surface area contributed by atoms with Crippen molar-refractivity contribution in [2.24, 2.45) is 0 Å². The largest absolute Gasteiger partial charge is 0.286 e. The number of rotatable bonds is 5. The third-order valence-electron chi connectivity index (χ3n) is 3.10. The third kappa shape index (κ3) is 4.03. The Hall–Kier alpha value is -1.49. The maximum Gasteiger partial charge on any atom is 0.261 e. The highest BCUT2D eigenvalue weighted by molar-refractivity contribution is 7.89. The van der Waals surface area contributed by atoms with Crippen LogP contribution in [0.3, 0.4) is 0 Å². The van der Waals surface area contributed by atoms with E-state index in [4.69, 9.17) is 23.2 Å². The molecule has 116 valence electrons. The molecule has 0 atom stereocenters. The van der Waals surface area contributed by atoms with Crippen molar-refractivity contribution in [2.45, 2.75) is 18.2 Å². The predicted molar refractivity (Wildman–Crippen MR) is 91.5 cm³/mol. The molecule has 0 unspecified atom stereocenters. The molecule has 0 aromatic heterocycles. The second kappa shape index (κ2) is 7.18. The molecule has 0 saturated heterocycles. The predicted octanol–water partition coefficient (Wildman–Crippen LogP) is 4.72. The van der Waals surface area contributed by atoms with Crippen LogP contribution in [0.15, 0.2) is 59.6 Å². The molecular formula is C16H15Cl2NO2S. The molecule has 0 spiro atoms. The Morgan fingerprint density at radius 3 is 2.41 bits per heavy atom. The zero-order valence-electron chi connectivity index (χ0n) is 11.9. The van der Waals surface area contributed by atoms with Gasteiger partial charge < -0.3 is 0 Å². The van der Waals surface area contributed by atoms with E-state index in [2.05, 4.69) is 4.72 Å². The van der Waals surface area contributed by atoms with E-state index < -0.39 is 10.0 Å². The maximum absolute atomic E-state index is 12.2. The Balaban J connectivity index is 2.30. The monoisotopic (exact) mass is 355 g/mol. The fourth-order valence-electron chi connectivity index (χ4n) is 1.94. The molecule has 0 bridgehead atoms. The zero-order valence-corrected chi connectivity index (χ0v) is 14.2. The topological polar surface area (TPSA) is 46.2 Å². The summed E-state index contributed by atoms with van der Waals surface area (Å²) in [7, 11) is -3.59. The maximum atomic E-state index is 12.2. The van der Waals surface area contributed by atoms with Crippen LogP contribution in [-0.2, 0) is 10.0 Å². The Kier molecular flexibility index (Phi) is 5.51. The second-order valence-electron chi connectivity index (χ2n) is 4.58. The van der Waals surface area contributed by atoms with E-state index in [1.807, 2.05) is 6.92 Å². The summed E-state index contributed by atoms with van der Waals surface area (Å²) in [5, 5.41) is 1.02. The average Bonchev–Trinajstić information content (AvgIpc) is 2.50. The molecule has 2 aromatic rings. The van der Waals surface area contributed by atoms with Gasteiger partial charge in [0.05, 0.1) is 4.90 Å². The van der Waals surface area contributed by atoms with Crippen molar-refractivity contribution in [3.05, 3.63) is 70.3 Å². The first-order valence-corrected chi connectivity index (χ1v) is 8.90. The fourth-order valence-corrected chi connectivity index (χ4v) is 3.42. The molecule has 0 aliphatic heterocycles. The highest BCUT2D eigenvalue weighted by Gasteiger charge is 2.12. The van der Waals surface area contributed by atoms with Crippen molar-refractivity contribution >= 4 is 38.8 Å². The summed E-state index contributed by atoms with van der Waals surface area (Å²) in [6.45, 7) is 1.92. The van der Waals surface area contributed by atoms with Gasteiger partial charge in [-0.15, -0.1) is 0 Å². The van der Waals surface area contributed by atoms with Gasteiger partial charge in [-0.1, -0.05) is 54.4 Å². The summed E-state index contributed by atoms with van der Waals surface area (Å²) in [5.74, 6) is 0. The zero-order chi connectivity index (χ0) is 16.2. The van der Waals surface area contributed by atoms with E-state index in [0.717, 1.165) is 11.1 Å². The van der Waals surface area contributed by atoms with Gasteiger partial charge in [0, 0.05) is 16.2 Å². The quantitative estimate of drug-likeness (QED) is 0.842. The SMILES string of the molecule is CCC(=CNS(=O)(=O)c1ccccc1)c1ccc(Cl)cc1Cl. The third-order valence-corrected chi connectivity index (χ3v) is 4.97. The first kappa shape index (κ1) is 16.9. The Morgan fingerprint density at radius 1 is 1.14 bits per heavy atom. The fraction of sp³-hybridized carbons (Fsp3) is 0.125. The Bertz CT molecular complexity index is 787. The lowest BCUT2D eigenvalue weighted by Gasteiger charge is -2.10. The summed E-state index contributed by atoms with van der Waals surface area (Å²) in [6, 6.07) is 13.3. The van der Waals surface area contributed by atoms with Crippen LogP contribution >= 0.6 is 23.2 Å². The Morgan fingerprint density at radius 2 is 1.82 bits per heavy atom. The molecule has 0 radical (unpaired) electrons. The lowest BCUT2D eigenvalue weighted by atomic mass is 10.1. The summed E-state index contributed by atoms with van der Waals surface area (Å²) in [6.07, 6.45) is 2.09. The number of hydrogen-bond acceptors (Lipinski definition) is 2. The van der Waals surface area contributed by atoms with Crippen molar-refractivity contribution in [1.29, 1.82) is 0 Å². The molecule has 0 fully saturated rings. The summed E-state index contributed by atoms with van der Waals surface area (Å²) in [4.78, 5) is 0.212. The number of hydrogen-bond donors (Lipinski definition) is 1. The van der Waals surface area contributed by atoms with Crippen LogP contribution < -0.4 is 4.72 Å². The molecule has 22 heavy (non-hydrogen) atoms. The van der Waals surface area contributed by atoms with E-state index in [0.29, 0.717) is 16.5 Å². The van der Waals surface area contributed by atoms with Crippen molar-refractivity contribution in [3.8, 4) is 0 Å². The summed E-state index contributed by atoms with van der Waals surface area (Å²) < 4.78 is 26.9. The summed E-state index contributed by atoms with van der Waals surface area (Å²) in [5.41, 5.74) is 1.53. The molecule has 1 N–H and O–H groups in total. The molecule has 0 saturated carbocycles. The molecule has 2 aromatic carbocycles. The van der Waals surface area contributed by atoms with Crippen LogP contribution in [0.1, 0.15) is 18.9 Å². The minimum atomic E-state index is -3.59. The highest BCUT2D eigenvalue weighted by atomic mass is 35.5. The number of nitrogens with one attached hydrogen (secondary N) is 1. The second-order valence-corrected chi connectivity index (χ2v) is 7.14. The minimum Gasteiger partial charge on any atom is -0.286 e. The molecule has 0 aliphatic rings. The van der Waals surface area contributed by atoms with Gasteiger partial charge in [-0.05, 0) is 41.8 Å². The normalized spacial score (nSPS) is 12.2. The van der Waals surface area contributed by atoms with E-state index in [-0.39, 0.29) is 4.90 Å². The van der Waals surface area contributed by atoms with Gasteiger partial charge in [-0.3, -0.25) is 4.72 Å². The molecule has 0 amide bonds. The number of benzene rings is 2. The Labute approximate surface area is 140 Å². The molecule has 2 rings (SSSR count). The van der Waals surface area contributed by atoms with Gasteiger partial charge in [-0.25, -0.2) is 8.42 Å². The van der Waals surface area contributed by atoms with Crippen LogP contribution in [0.2, 0.25) is 10.0 Å². The van der Waals surface area contributed by atoms with Gasteiger partial charge in [-0.2, -0.15) is 0 Å². The van der Waals surface area contributed by atoms with E-state index >= 15 is 0 Å². The number of allylic oxidation sites excluding steroid dienone is 1. The van der Waals surface area contributed by atoms with Crippen LogP contribution in [0.25, 0.3) is 5.57 Å². The van der Waals surface area contributed by atoms with Crippen LogP contribution in [0.5, 0.6) is 0 Å². The van der Waals surface area contributed by atoms with Crippen molar-refractivity contribution < 1.29 is 8.42 Å². The van der Waals surface area contributed by atoms with Gasteiger partial charge in [0.2, 0.25) is 0 Å². The van der Waals surface area contributed by atoms with E-state index in [1.165, 1.54) is 18.3 Å². The van der Waals surface area contributed by atoms with E-state index in [1.54, 1.807) is 36.4 Å². The summed E-state index contributed by atoms with van der Waals surface area (Å²) >= 11 is 12.0. The first-order valence-electron chi connectivity index (χ1n) is 6.66. The van der Waals surface area contributed by atoms with Crippen molar-refractivity contribution in [1.82, 2.24) is 4.72 Å². The van der Waals surface area contributed by atoms with Gasteiger partial charge in [0.15, 0.2) is 0 Å². The van der Waals surface area contributed by atoms with Crippen molar-refractivity contribution in [2.75, 3.05) is 0 Å². The molecule has 6 heteroatoms.